The molecule has 2 aliphatic rings. The van der Waals surface area contributed by atoms with Crippen molar-refractivity contribution in [3.63, 3.8) is 0 Å². The first kappa shape index (κ1) is 25.2. The number of nitrogens with zero attached hydrogens (tertiary/aromatic N) is 7. The molecule has 0 bridgehead atoms. The molecule has 1 saturated heterocycles. The van der Waals surface area contributed by atoms with Crippen molar-refractivity contribution >= 4 is 22.8 Å². The number of benzene rings is 1. The zero-order valence-electron chi connectivity index (χ0n) is 22.7. The third-order valence-electron chi connectivity index (χ3n) is 7.46. The third-order valence-corrected chi connectivity index (χ3v) is 7.46. The van der Waals surface area contributed by atoms with Crippen LogP contribution < -0.4 is 9.64 Å². The Kier molecular flexibility index (Phi) is 6.86. The van der Waals surface area contributed by atoms with Gasteiger partial charge in [-0.1, -0.05) is 6.07 Å². The number of aromatic nitrogens is 5. The Morgan fingerprint density at radius 2 is 1.90 bits per heavy atom. The molecule has 0 radical (unpaired) electrons. The van der Waals surface area contributed by atoms with Gasteiger partial charge in [0.05, 0.1) is 18.1 Å². The summed E-state index contributed by atoms with van der Waals surface area (Å²) in [4.78, 5) is 40.4. The standard InChI is InChI=1S/C29H34N8O2/c1-35(2)28-27(39-3)26(31-18-32-28)21-6-7-23-24(15-21)34-25(33-23)16-22-14-19(8-9-30-22)17-36-10-12-37(13-11-36)29(38)20-4-5-20/h6-9,14-15,18,20H,4-5,10-13,16-17H2,1-3H3,(H,33,34). The highest BCUT2D eigenvalue weighted by atomic mass is 16.5. The molecule has 0 atom stereocenters. The number of nitrogens with one attached hydrogen (secondary N) is 1. The van der Waals surface area contributed by atoms with Crippen molar-refractivity contribution in [1.29, 1.82) is 0 Å². The second-order valence-electron chi connectivity index (χ2n) is 10.6. The highest BCUT2D eigenvalue weighted by Gasteiger charge is 2.34. The molecule has 1 aromatic carbocycles. The van der Waals surface area contributed by atoms with Crippen molar-refractivity contribution in [3.8, 4) is 17.0 Å². The number of H-pyrrole nitrogens is 1. The molecule has 2 fully saturated rings. The Hall–Kier alpha value is -4.05. The van der Waals surface area contributed by atoms with Crippen LogP contribution in [-0.4, -0.2) is 88.0 Å². The number of rotatable bonds is 8. The Labute approximate surface area is 228 Å². The monoisotopic (exact) mass is 526 g/mol. The Bertz CT molecular complexity index is 1490. The number of piperazine rings is 1. The first-order chi connectivity index (χ1) is 19.0. The molecule has 1 aliphatic heterocycles. The fourth-order valence-corrected chi connectivity index (χ4v) is 5.24. The molecule has 1 saturated carbocycles. The number of pyridine rings is 1. The fraction of sp³-hybridized carbons (Fsp3) is 0.414. The zero-order chi connectivity index (χ0) is 26.9. The van der Waals surface area contributed by atoms with Crippen molar-refractivity contribution < 1.29 is 9.53 Å². The van der Waals surface area contributed by atoms with E-state index in [0.29, 0.717) is 24.0 Å². The van der Waals surface area contributed by atoms with Crippen molar-refractivity contribution in [2.24, 2.45) is 5.92 Å². The summed E-state index contributed by atoms with van der Waals surface area (Å²) in [7, 11) is 5.50. The second kappa shape index (κ2) is 10.6. The number of carbonyl (C=O) groups is 1. The van der Waals surface area contributed by atoms with Gasteiger partial charge in [-0.2, -0.15) is 0 Å². The maximum Gasteiger partial charge on any atom is 0.225 e. The maximum atomic E-state index is 12.3. The number of ether oxygens (including phenoxy) is 1. The summed E-state index contributed by atoms with van der Waals surface area (Å²) in [6, 6.07) is 10.3. The topological polar surface area (TPSA) is 103 Å². The Balaban J connectivity index is 1.14. The normalized spacial score (nSPS) is 16.0. The SMILES string of the molecule is COc1c(-c2ccc3nc(Cc4cc(CN5CCN(C(=O)C6CC6)CC5)ccn4)[nH]c3c2)ncnc1N(C)C. The highest BCUT2D eigenvalue weighted by molar-refractivity contribution is 5.84. The van der Waals surface area contributed by atoms with Crippen LogP contribution in [0.5, 0.6) is 5.75 Å². The molecule has 10 nitrogen and oxygen atoms in total. The quantitative estimate of drug-likeness (QED) is 0.374. The summed E-state index contributed by atoms with van der Waals surface area (Å²) in [5, 5.41) is 0. The van der Waals surface area contributed by atoms with E-state index in [1.165, 1.54) is 5.56 Å². The number of imidazole rings is 1. The number of hydrogen-bond acceptors (Lipinski definition) is 8. The molecular formula is C29H34N8O2. The van der Waals surface area contributed by atoms with Crippen LogP contribution >= 0.6 is 0 Å². The second-order valence-corrected chi connectivity index (χ2v) is 10.6. The molecule has 4 aromatic rings. The van der Waals surface area contributed by atoms with Crippen LogP contribution in [0.1, 0.15) is 29.9 Å². The van der Waals surface area contributed by atoms with Gasteiger partial charge in [0, 0.05) is 76.6 Å². The summed E-state index contributed by atoms with van der Waals surface area (Å²) in [5.41, 5.74) is 5.70. The highest BCUT2D eigenvalue weighted by Crippen LogP contribution is 2.35. The minimum atomic E-state index is 0.301. The van der Waals surface area contributed by atoms with Gasteiger partial charge in [-0.05, 0) is 42.7 Å². The summed E-state index contributed by atoms with van der Waals surface area (Å²) < 4.78 is 5.66. The number of aromatic amines is 1. The molecule has 1 amide bonds. The number of fused-ring (bicyclic) bond motifs is 1. The minimum Gasteiger partial charge on any atom is -0.491 e. The number of methoxy groups -OCH3 is 1. The van der Waals surface area contributed by atoms with Crippen LogP contribution in [0.15, 0.2) is 42.9 Å². The van der Waals surface area contributed by atoms with E-state index in [1.807, 2.05) is 48.3 Å². The van der Waals surface area contributed by atoms with Crippen LogP contribution in [0.25, 0.3) is 22.3 Å². The van der Waals surface area contributed by atoms with Gasteiger partial charge in [0.25, 0.3) is 0 Å². The maximum absolute atomic E-state index is 12.3. The summed E-state index contributed by atoms with van der Waals surface area (Å²) in [6.07, 6.45) is 6.19. The predicted molar refractivity (Wildman–Crippen MR) is 150 cm³/mol. The van der Waals surface area contributed by atoms with Gasteiger partial charge >= 0.3 is 0 Å². The molecule has 39 heavy (non-hydrogen) atoms. The first-order valence-electron chi connectivity index (χ1n) is 13.5. The van der Waals surface area contributed by atoms with E-state index in [-0.39, 0.29) is 0 Å². The largest absolute Gasteiger partial charge is 0.491 e. The van der Waals surface area contributed by atoms with Crippen LogP contribution in [0.4, 0.5) is 5.82 Å². The average Bonchev–Trinajstić information content (AvgIpc) is 3.72. The van der Waals surface area contributed by atoms with Gasteiger partial charge in [0.1, 0.15) is 17.8 Å². The lowest BCUT2D eigenvalue weighted by Crippen LogP contribution is -2.48. The van der Waals surface area contributed by atoms with Gasteiger partial charge in [-0.25, -0.2) is 15.0 Å². The molecule has 202 valence electrons. The van der Waals surface area contributed by atoms with E-state index in [0.717, 1.165) is 85.2 Å². The molecule has 1 aliphatic carbocycles. The lowest BCUT2D eigenvalue weighted by atomic mass is 10.1. The van der Waals surface area contributed by atoms with Gasteiger partial charge in [-0.15, -0.1) is 0 Å². The number of carbonyl (C=O) groups excluding carboxylic acids is 1. The fourth-order valence-electron chi connectivity index (χ4n) is 5.24. The zero-order valence-corrected chi connectivity index (χ0v) is 22.7. The van der Waals surface area contributed by atoms with E-state index >= 15 is 0 Å². The van der Waals surface area contributed by atoms with E-state index < -0.39 is 0 Å². The van der Waals surface area contributed by atoms with Gasteiger partial charge in [-0.3, -0.25) is 14.7 Å². The summed E-state index contributed by atoms with van der Waals surface area (Å²) in [5.74, 6) is 2.89. The van der Waals surface area contributed by atoms with Gasteiger partial charge in [0.15, 0.2) is 11.6 Å². The lowest BCUT2D eigenvalue weighted by molar-refractivity contribution is -0.134. The molecule has 6 rings (SSSR count). The number of amides is 1. The van der Waals surface area contributed by atoms with E-state index in [9.17, 15) is 4.79 Å². The molecular weight excluding hydrogens is 492 g/mol. The third kappa shape index (κ3) is 5.42. The Morgan fingerprint density at radius 3 is 2.64 bits per heavy atom. The Morgan fingerprint density at radius 1 is 1.08 bits per heavy atom. The molecule has 0 unspecified atom stereocenters. The van der Waals surface area contributed by atoms with E-state index in [4.69, 9.17) is 9.72 Å². The first-order valence-corrected chi connectivity index (χ1v) is 13.5. The molecule has 1 N–H and O–H groups in total. The van der Waals surface area contributed by atoms with Crippen molar-refractivity contribution in [2.45, 2.75) is 25.8 Å². The molecule has 10 heteroatoms. The smallest absolute Gasteiger partial charge is 0.225 e. The van der Waals surface area contributed by atoms with Crippen molar-refractivity contribution in [1.82, 2.24) is 34.7 Å². The number of hydrogen-bond donors (Lipinski definition) is 1. The number of anilines is 1. The van der Waals surface area contributed by atoms with Crippen molar-refractivity contribution in [2.75, 3.05) is 52.3 Å². The summed E-state index contributed by atoms with van der Waals surface area (Å²) in [6.45, 7) is 4.34. The van der Waals surface area contributed by atoms with Crippen molar-refractivity contribution in [3.05, 3.63) is 59.9 Å². The molecule has 4 heterocycles. The molecule has 0 spiro atoms. The van der Waals surface area contributed by atoms with E-state index in [1.54, 1.807) is 13.4 Å². The van der Waals surface area contributed by atoms with Crippen LogP contribution in [-0.2, 0) is 17.8 Å². The summed E-state index contributed by atoms with van der Waals surface area (Å²) >= 11 is 0. The average molecular weight is 527 g/mol. The van der Waals surface area contributed by atoms with Crippen LogP contribution in [0.3, 0.4) is 0 Å². The lowest BCUT2D eigenvalue weighted by Gasteiger charge is -2.35. The molecule has 3 aromatic heterocycles. The van der Waals surface area contributed by atoms with E-state index in [2.05, 4.69) is 37.0 Å². The minimum absolute atomic E-state index is 0.301. The van der Waals surface area contributed by atoms with Crippen LogP contribution in [0.2, 0.25) is 0 Å². The van der Waals surface area contributed by atoms with Crippen LogP contribution in [0, 0.1) is 5.92 Å². The van der Waals surface area contributed by atoms with Gasteiger partial charge in [0.2, 0.25) is 5.91 Å². The predicted octanol–water partition coefficient (Wildman–Crippen LogP) is 3.13. The van der Waals surface area contributed by atoms with Gasteiger partial charge < -0.3 is 19.5 Å².